The fourth-order valence-electron chi connectivity index (χ4n) is 1.49. The summed E-state index contributed by atoms with van der Waals surface area (Å²) in [6.07, 6.45) is 1.05. The molecule has 12 heavy (non-hydrogen) atoms. The van der Waals surface area contributed by atoms with Crippen molar-refractivity contribution in [2.75, 3.05) is 27.2 Å². The highest BCUT2D eigenvalue weighted by molar-refractivity contribution is 4.83. The van der Waals surface area contributed by atoms with Crippen molar-refractivity contribution in [1.29, 1.82) is 0 Å². The standard InChI is InChI=1S/C9H20N2O/c1-8-7-12-9(2,10-8)5-6-11(3)4/h8,10H,5-7H2,1-4H3. The average Bonchev–Trinajstić information content (AvgIpc) is 2.29. The molecule has 1 aliphatic heterocycles. The monoisotopic (exact) mass is 172 g/mol. The summed E-state index contributed by atoms with van der Waals surface area (Å²) in [5.74, 6) is 0. The Morgan fingerprint density at radius 2 is 2.25 bits per heavy atom. The van der Waals surface area contributed by atoms with Crippen LogP contribution in [0.4, 0.5) is 0 Å². The molecule has 0 radical (unpaired) electrons. The lowest BCUT2D eigenvalue weighted by Gasteiger charge is -2.25. The molecule has 0 saturated carbocycles. The minimum atomic E-state index is -0.0936. The van der Waals surface area contributed by atoms with Crippen LogP contribution in [0.5, 0.6) is 0 Å². The van der Waals surface area contributed by atoms with Crippen molar-refractivity contribution in [2.24, 2.45) is 0 Å². The molecule has 1 N–H and O–H groups in total. The minimum Gasteiger partial charge on any atom is -0.359 e. The largest absolute Gasteiger partial charge is 0.359 e. The molecule has 1 aliphatic rings. The normalized spacial score (nSPS) is 36.2. The van der Waals surface area contributed by atoms with Gasteiger partial charge in [0.05, 0.1) is 6.61 Å². The molecule has 1 fully saturated rings. The Kier molecular flexibility index (Phi) is 3.09. The third-order valence-electron chi connectivity index (χ3n) is 2.24. The highest BCUT2D eigenvalue weighted by Crippen LogP contribution is 2.19. The number of hydrogen-bond donors (Lipinski definition) is 1. The highest BCUT2D eigenvalue weighted by Gasteiger charge is 2.32. The van der Waals surface area contributed by atoms with Crippen LogP contribution in [0.2, 0.25) is 0 Å². The topological polar surface area (TPSA) is 24.5 Å². The van der Waals surface area contributed by atoms with Crippen LogP contribution in [0.15, 0.2) is 0 Å². The first kappa shape index (κ1) is 9.96. The number of nitrogens with zero attached hydrogens (tertiary/aromatic N) is 1. The Hall–Kier alpha value is -0.120. The van der Waals surface area contributed by atoms with Crippen molar-refractivity contribution in [1.82, 2.24) is 10.2 Å². The maximum absolute atomic E-state index is 5.67. The van der Waals surface area contributed by atoms with Crippen LogP contribution in [0.25, 0.3) is 0 Å². The lowest BCUT2D eigenvalue weighted by molar-refractivity contribution is -0.00511. The maximum Gasteiger partial charge on any atom is 0.117 e. The van der Waals surface area contributed by atoms with Gasteiger partial charge in [0.25, 0.3) is 0 Å². The molecule has 3 nitrogen and oxygen atoms in total. The second-order valence-electron chi connectivity index (χ2n) is 4.14. The van der Waals surface area contributed by atoms with Gasteiger partial charge in [-0.25, -0.2) is 0 Å². The van der Waals surface area contributed by atoms with Gasteiger partial charge >= 0.3 is 0 Å². The Morgan fingerprint density at radius 3 is 2.67 bits per heavy atom. The molecular weight excluding hydrogens is 152 g/mol. The molecule has 3 heteroatoms. The van der Waals surface area contributed by atoms with E-state index in [4.69, 9.17) is 4.74 Å². The Labute approximate surface area is 75.1 Å². The Bertz CT molecular complexity index is 149. The van der Waals surface area contributed by atoms with Crippen LogP contribution in [0.3, 0.4) is 0 Å². The second-order valence-corrected chi connectivity index (χ2v) is 4.14. The molecule has 1 saturated heterocycles. The van der Waals surface area contributed by atoms with Crippen molar-refractivity contribution in [3.63, 3.8) is 0 Å². The van der Waals surface area contributed by atoms with Crippen molar-refractivity contribution >= 4 is 0 Å². The zero-order valence-corrected chi connectivity index (χ0v) is 8.55. The van der Waals surface area contributed by atoms with Crippen molar-refractivity contribution in [2.45, 2.75) is 32.0 Å². The molecule has 0 bridgehead atoms. The van der Waals surface area contributed by atoms with Gasteiger partial charge < -0.3 is 9.64 Å². The molecule has 0 aliphatic carbocycles. The molecule has 72 valence electrons. The van der Waals surface area contributed by atoms with E-state index in [1.165, 1.54) is 0 Å². The smallest absolute Gasteiger partial charge is 0.117 e. The zero-order chi connectivity index (χ0) is 9.19. The first-order valence-electron chi connectivity index (χ1n) is 4.58. The number of nitrogens with one attached hydrogen (secondary N) is 1. The predicted octanol–water partition coefficient (Wildman–Crippen LogP) is 0.663. The molecule has 1 rings (SSSR count). The fourth-order valence-corrected chi connectivity index (χ4v) is 1.49. The SMILES string of the molecule is CC1COC(C)(CCN(C)C)N1. The van der Waals surface area contributed by atoms with Gasteiger partial charge in [-0.05, 0) is 27.9 Å². The molecule has 1 heterocycles. The van der Waals surface area contributed by atoms with E-state index in [1.54, 1.807) is 0 Å². The van der Waals surface area contributed by atoms with E-state index < -0.39 is 0 Å². The van der Waals surface area contributed by atoms with Gasteiger partial charge in [-0.2, -0.15) is 0 Å². The van der Waals surface area contributed by atoms with Gasteiger partial charge in [-0.3, -0.25) is 5.32 Å². The summed E-state index contributed by atoms with van der Waals surface area (Å²) < 4.78 is 5.67. The number of ether oxygens (including phenoxy) is 1. The Morgan fingerprint density at radius 1 is 1.58 bits per heavy atom. The lowest BCUT2D eigenvalue weighted by atomic mass is 10.1. The average molecular weight is 172 g/mol. The van der Waals surface area contributed by atoms with Gasteiger partial charge in [0, 0.05) is 19.0 Å². The first-order valence-corrected chi connectivity index (χ1v) is 4.58. The summed E-state index contributed by atoms with van der Waals surface area (Å²) in [5, 5.41) is 3.44. The predicted molar refractivity (Wildman–Crippen MR) is 50.1 cm³/mol. The van der Waals surface area contributed by atoms with E-state index in [2.05, 4.69) is 38.2 Å². The Balaban J connectivity index is 2.30. The lowest BCUT2D eigenvalue weighted by Crippen LogP contribution is -2.42. The fraction of sp³-hybridized carbons (Fsp3) is 1.00. The summed E-state index contributed by atoms with van der Waals surface area (Å²) in [7, 11) is 4.17. The molecule has 0 aromatic rings. The summed E-state index contributed by atoms with van der Waals surface area (Å²) >= 11 is 0. The van der Waals surface area contributed by atoms with Crippen LogP contribution < -0.4 is 5.32 Å². The molecule has 0 amide bonds. The summed E-state index contributed by atoms with van der Waals surface area (Å²) in [4.78, 5) is 2.18. The summed E-state index contributed by atoms with van der Waals surface area (Å²) in [6.45, 7) is 6.18. The third kappa shape index (κ3) is 2.73. The van der Waals surface area contributed by atoms with Gasteiger partial charge in [-0.1, -0.05) is 0 Å². The van der Waals surface area contributed by atoms with Crippen LogP contribution in [0, 0.1) is 0 Å². The number of rotatable bonds is 3. The molecule has 0 spiro atoms. The number of hydrogen-bond acceptors (Lipinski definition) is 3. The quantitative estimate of drug-likeness (QED) is 0.677. The van der Waals surface area contributed by atoms with Gasteiger partial charge in [0.2, 0.25) is 0 Å². The van der Waals surface area contributed by atoms with E-state index in [0.717, 1.165) is 19.6 Å². The van der Waals surface area contributed by atoms with Crippen molar-refractivity contribution in [3.05, 3.63) is 0 Å². The van der Waals surface area contributed by atoms with Gasteiger partial charge in [0.15, 0.2) is 0 Å². The van der Waals surface area contributed by atoms with E-state index >= 15 is 0 Å². The van der Waals surface area contributed by atoms with Gasteiger partial charge in [-0.15, -0.1) is 0 Å². The van der Waals surface area contributed by atoms with E-state index in [9.17, 15) is 0 Å². The summed E-state index contributed by atoms with van der Waals surface area (Å²) in [5.41, 5.74) is -0.0936. The summed E-state index contributed by atoms with van der Waals surface area (Å²) in [6, 6.07) is 0.497. The molecule has 2 atom stereocenters. The van der Waals surface area contributed by atoms with E-state index in [0.29, 0.717) is 6.04 Å². The second kappa shape index (κ2) is 3.73. The molecule has 2 unspecified atom stereocenters. The van der Waals surface area contributed by atoms with Crippen LogP contribution in [0.1, 0.15) is 20.3 Å². The first-order chi connectivity index (χ1) is 5.52. The maximum atomic E-state index is 5.67. The van der Waals surface area contributed by atoms with Crippen molar-refractivity contribution < 1.29 is 4.74 Å². The third-order valence-corrected chi connectivity index (χ3v) is 2.24. The van der Waals surface area contributed by atoms with Crippen molar-refractivity contribution in [3.8, 4) is 0 Å². The van der Waals surface area contributed by atoms with Crippen LogP contribution >= 0.6 is 0 Å². The minimum absolute atomic E-state index is 0.0936. The highest BCUT2D eigenvalue weighted by atomic mass is 16.5. The molecule has 0 aromatic heterocycles. The van der Waals surface area contributed by atoms with Crippen LogP contribution in [-0.4, -0.2) is 43.9 Å². The van der Waals surface area contributed by atoms with E-state index in [-0.39, 0.29) is 5.72 Å². The van der Waals surface area contributed by atoms with E-state index in [1.807, 2.05) is 0 Å². The van der Waals surface area contributed by atoms with Crippen LogP contribution in [-0.2, 0) is 4.74 Å². The zero-order valence-electron chi connectivity index (χ0n) is 8.55. The molecular formula is C9H20N2O. The molecule has 0 aromatic carbocycles. The van der Waals surface area contributed by atoms with Gasteiger partial charge in [0.1, 0.15) is 5.72 Å².